The molecule has 2 aromatic rings. The van der Waals surface area contributed by atoms with Crippen LogP contribution < -0.4 is 11.1 Å². The van der Waals surface area contributed by atoms with Gasteiger partial charge in [0.2, 0.25) is 0 Å². The smallest absolute Gasteiger partial charge is 0.269 e. The van der Waals surface area contributed by atoms with Gasteiger partial charge in [0, 0.05) is 23.1 Å². The van der Waals surface area contributed by atoms with Crippen LogP contribution in [0.2, 0.25) is 0 Å². The highest BCUT2D eigenvalue weighted by Crippen LogP contribution is 2.26. The summed E-state index contributed by atoms with van der Waals surface area (Å²) < 4.78 is 0. The van der Waals surface area contributed by atoms with Gasteiger partial charge >= 0.3 is 0 Å². The van der Waals surface area contributed by atoms with Crippen LogP contribution in [0.3, 0.4) is 0 Å². The van der Waals surface area contributed by atoms with E-state index in [4.69, 9.17) is 18.0 Å². The van der Waals surface area contributed by atoms with Gasteiger partial charge in [-0.1, -0.05) is 0 Å². The van der Waals surface area contributed by atoms with Gasteiger partial charge in [0.15, 0.2) is 10.2 Å². The molecule has 0 atom stereocenters. The van der Waals surface area contributed by atoms with Crippen molar-refractivity contribution in [1.82, 2.24) is 4.98 Å². The van der Waals surface area contributed by atoms with Crippen molar-refractivity contribution in [3.05, 3.63) is 39.8 Å². The van der Waals surface area contributed by atoms with E-state index in [9.17, 15) is 10.1 Å². The Bertz CT molecular complexity index is 594. The van der Waals surface area contributed by atoms with Crippen LogP contribution in [0, 0.1) is 10.1 Å². The highest BCUT2D eigenvalue weighted by molar-refractivity contribution is 7.80. The molecule has 6 nitrogen and oxygen atoms in total. The van der Waals surface area contributed by atoms with Gasteiger partial charge in [-0.15, -0.1) is 11.3 Å². The maximum Gasteiger partial charge on any atom is 0.269 e. The maximum atomic E-state index is 10.5. The van der Waals surface area contributed by atoms with Crippen LogP contribution in [0.25, 0.3) is 11.3 Å². The number of nitro groups is 1. The third-order valence-electron chi connectivity index (χ3n) is 2.11. The van der Waals surface area contributed by atoms with E-state index in [1.165, 1.54) is 23.5 Å². The number of nitrogens with zero attached hydrogens (tertiary/aromatic N) is 2. The van der Waals surface area contributed by atoms with Crippen LogP contribution in [-0.2, 0) is 0 Å². The molecule has 0 aliphatic carbocycles. The lowest BCUT2D eigenvalue weighted by molar-refractivity contribution is -0.384. The fourth-order valence-electron chi connectivity index (χ4n) is 1.32. The Hall–Kier alpha value is -2.06. The third kappa shape index (κ3) is 2.79. The largest absolute Gasteiger partial charge is 0.376 e. The summed E-state index contributed by atoms with van der Waals surface area (Å²) in [6, 6.07) is 6.18. The van der Waals surface area contributed by atoms with Crippen molar-refractivity contribution in [2.45, 2.75) is 0 Å². The molecule has 3 N–H and O–H groups in total. The number of nitrogens with two attached hydrogens (primary N) is 1. The van der Waals surface area contributed by atoms with Crippen molar-refractivity contribution in [1.29, 1.82) is 0 Å². The van der Waals surface area contributed by atoms with Crippen molar-refractivity contribution in [2.75, 3.05) is 5.32 Å². The van der Waals surface area contributed by atoms with Crippen LogP contribution in [-0.4, -0.2) is 15.0 Å². The minimum Gasteiger partial charge on any atom is -0.376 e. The maximum absolute atomic E-state index is 10.5. The highest BCUT2D eigenvalue weighted by Gasteiger charge is 2.08. The van der Waals surface area contributed by atoms with Gasteiger partial charge in [0.05, 0.1) is 10.6 Å². The monoisotopic (exact) mass is 280 g/mol. The van der Waals surface area contributed by atoms with Crippen LogP contribution in [0.15, 0.2) is 29.6 Å². The molecule has 8 heteroatoms. The number of thiocarbonyl (C=S) groups is 1. The predicted molar refractivity (Wildman–Crippen MR) is 74.6 cm³/mol. The summed E-state index contributed by atoms with van der Waals surface area (Å²) in [5.41, 5.74) is 6.90. The first-order valence-corrected chi connectivity index (χ1v) is 6.12. The third-order valence-corrected chi connectivity index (χ3v) is 2.97. The molecule has 0 radical (unpaired) electrons. The lowest BCUT2D eigenvalue weighted by Gasteiger charge is -1.97. The summed E-state index contributed by atoms with van der Waals surface area (Å²) in [4.78, 5) is 14.4. The predicted octanol–water partition coefficient (Wildman–Crippen LogP) is 2.37. The van der Waals surface area contributed by atoms with Gasteiger partial charge in [-0.25, -0.2) is 4.98 Å². The van der Waals surface area contributed by atoms with Gasteiger partial charge in [-0.05, 0) is 24.4 Å². The number of non-ortho nitro benzene ring substituents is 1. The van der Waals surface area contributed by atoms with E-state index in [1.807, 2.05) is 5.38 Å². The minimum absolute atomic E-state index is 0.0514. The first-order valence-electron chi connectivity index (χ1n) is 4.83. The fourth-order valence-corrected chi connectivity index (χ4v) is 2.22. The standard InChI is InChI=1S/C10H8N4O2S2/c11-9(17)13-10-12-8(5-18-10)6-1-3-7(4-2-6)14(15)16/h1-5H,(H3,11,12,13,17). The molecular formula is C10H8N4O2S2. The number of rotatable bonds is 3. The van der Waals surface area contributed by atoms with Gasteiger partial charge in [0.25, 0.3) is 5.69 Å². The van der Waals surface area contributed by atoms with E-state index in [0.29, 0.717) is 10.8 Å². The van der Waals surface area contributed by atoms with E-state index < -0.39 is 4.92 Å². The van der Waals surface area contributed by atoms with E-state index in [-0.39, 0.29) is 10.8 Å². The van der Waals surface area contributed by atoms with Gasteiger partial charge in [0.1, 0.15) is 0 Å². The molecule has 1 heterocycles. The Labute approximate surface area is 112 Å². The highest BCUT2D eigenvalue weighted by atomic mass is 32.1. The molecule has 0 amide bonds. The zero-order chi connectivity index (χ0) is 13.1. The fraction of sp³-hybridized carbons (Fsp3) is 0. The molecular weight excluding hydrogens is 272 g/mol. The molecule has 0 fully saturated rings. The lowest BCUT2D eigenvalue weighted by atomic mass is 10.1. The molecule has 0 bridgehead atoms. The van der Waals surface area contributed by atoms with E-state index in [0.717, 1.165) is 5.56 Å². The van der Waals surface area contributed by atoms with Crippen LogP contribution in [0.4, 0.5) is 10.8 Å². The minimum atomic E-state index is -0.440. The van der Waals surface area contributed by atoms with Crippen molar-refractivity contribution < 1.29 is 4.92 Å². The molecule has 1 aromatic carbocycles. The van der Waals surface area contributed by atoms with E-state index >= 15 is 0 Å². The number of hydrogen-bond donors (Lipinski definition) is 2. The summed E-state index contributed by atoms with van der Waals surface area (Å²) in [6.45, 7) is 0. The Morgan fingerprint density at radius 1 is 1.44 bits per heavy atom. The van der Waals surface area contributed by atoms with E-state index in [1.54, 1.807) is 12.1 Å². The first-order chi connectivity index (χ1) is 8.56. The summed E-state index contributed by atoms with van der Waals surface area (Å²) in [5.74, 6) is 0. The molecule has 0 unspecified atom stereocenters. The average Bonchev–Trinajstić information content (AvgIpc) is 2.76. The SMILES string of the molecule is NC(=S)Nc1nc(-c2ccc([N+](=O)[O-])cc2)cs1. The normalized spacial score (nSPS) is 10.0. The molecule has 18 heavy (non-hydrogen) atoms. The Morgan fingerprint density at radius 3 is 2.67 bits per heavy atom. The second kappa shape index (κ2) is 5.07. The van der Waals surface area contributed by atoms with Crippen molar-refractivity contribution >= 4 is 39.5 Å². The number of thiazole rings is 1. The number of anilines is 1. The van der Waals surface area contributed by atoms with Gasteiger partial charge in [-0.3, -0.25) is 10.1 Å². The number of nitro benzene ring substituents is 1. The number of hydrogen-bond acceptors (Lipinski definition) is 5. The molecule has 0 saturated carbocycles. The summed E-state index contributed by atoms with van der Waals surface area (Å²) in [7, 11) is 0. The lowest BCUT2D eigenvalue weighted by Crippen LogP contribution is -2.18. The van der Waals surface area contributed by atoms with Crippen molar-refractivity contribution in [2.24, 2.45) is 5.73 Å². The number of nitrogens with one attached hydrogen (secondary N) is 1. The molecule has 0 aliphatic rings. The Balaban J connectivity index is 2.23. The zero-order valence-electron chi connectivity index (χ0n) is 8.99. The quantitative estimate of drug-likeness (QED) is 0.509. The second-order valence-corrected chi connectivity index (χ2v) is 4.63. The van der Waals surface area contributed by atoms with Crippen LogP contribution >= 0.6 is 23.6 Å². The molecule has 0 saturated heterocycles. The molecule has 92 valence electrons. The molecule has 0 aliphatic heterocycles. The summed E-state index contributed by atoms with van der Waals surface area (Å²) >= 11 is 6.07. The molecule has 2 rings (SSSR count). The Kier molecular flexibility index (Phi) is 3.49. The second-order valence-electron chi connectivity index (χ2n) is 3.33. The summed E-state index contributed by atoms with van der Waals surface area (Å²) in [6.07, 6.45) is 0. The van der Waals surface area contributed by atoms with Crippen LogP contribution in [0.1, 0.15) is 0 Å². The van der Waals surface area contributed by atoms with E-state index in [2.05, 4.69) is 10.3 Å². The summed E-state index contributed by atoms with van der Waals surface area (Å²) in [5, 5.41) is 15.8. The zero-order valence-corrected chi connectivity index (χ0v) is 10.6. The molecule has 1 aromatic heterocycles. The molecule has 0 spiro atoms. The topological polar surface area (TPSA) is 94.1 Å². The first kappa shape index (κ1) is 12.4. The van der Waals surface area contributed by atoms with Crippen molar-refractivity contribution in [3.8, 4) is 11.3 Å². The number of aromatic nitrogens is 1. The Morgan fingerprint density at radius 2 is 2.11 bits per heavy atom. The average molecular weight is 280 g/mol. The van der Waals surface area contributed by atoms with Crippen LogP contribution in [0.5, 0.6) is 0 Å². The van der Waals surface area contributed by atoms with Gasteiger partial charge in [-0.2, -0.15) is 0 Å². The number of benzene rings is 1. The van der Waals surface area contributed by atoms with Crippen molar-refractivity contribution in [3.63, 3.8) is 0 Å². The van der Waals surface area contributed by atoms with Gasteiger partial charge < -0.3 is 11.1 Å².